The van der Waals surface area contributed by atoms with E-state index in [1.165, 1.54) is 23.1 Å². The van der Waals surface area contributed by atoms with Crippen molar-refractivity contribution in [2.45, 2.75) is 9.24 Å². The van der Waals surface area contributed by atoms with Crippen LogP contribution in [-0.4, -0.2) is 15.2 Å². The van der Waals surface area contributed by atoms with Crippen LogP contribution in [0.5, 0.6) is 0 Å². The maximum atomic E-state index is 5.71. The zero-order valence-electron chi connectivity index (χ0n) is 6.54. The number of aromatic nitrogens is 3. The first kappa shape index (κ1) is 8.46. The summed E-state index contributed by atoms with van der Waals surface area (Å²) in [5.74, 6) is 0. The van der Waals surface area contributed by atoms with Crippen LogP contribution in [0.1, 0.15) is 0 Å². The molecule has 2 rings (SSSR count). The normalized spacial score (nSPS) is 10.2. The molecule has 2 aromatic rings. The minimum atomic E-state index is 0.669. The van der Waals surface area contributed by atoms with Gasteiger partial charge in [-0.2, -0.15) is 0 Å². The summed E-state index contributed by atoms with van der Waals surface area (Å²) in [6.45, 7) is 0. The Morgan fingerprint density at radius 1 is 1.46 bits per heavy atom. The number of nitrogens with zero attached hydrogens (tertiary/aromatic N) is 3. The molecule has 0 saturated heterocycles. The minimum Gasteiger partial charge on any atom is -0.397 e. The van der Waals surface area contributed by atoms with E-state index >= 15 is 0 Å². The molecule has 4 nitrogen and oxygen atoms in total. The SMILES string of the molecule is Nc1cnccc1Sc1nncs1. The van der Waals surface area contributed by atoms with Crippen LogP contribution in [0.4, 0.5) is 5.69 Å². The van der Waals surface area contributed by atoms with Gasteiger partial charge in [0.2, 0.25) is 0 Å². The molecule has 0 atom stereocenters. The smallest absolute Gasteiger partial charge is 0.178 e. The number of nitrogen functional groups attached to an aromatic ring is 1. The fourth-order valence-electron chi connectivity index (χ4n) is 0.788. The van der Waals surface area contributed by atoms with Gasteiger partial charge in [0.15, 0.2) is 4.34 Å². The van der Waals surface area contributed by atoms with Crippen molar-refractivity contribution in [2.75, 3.05) is 5.73 Å². The van der Waals surface area contributed by atoms with Crippen LogP contribution in [-0.2, 0) is 0 Å². The number of pyridine rings is 1. The predicted octanol–water partition coefficient (Wildman–Crippen LogP) is 1.67. The highest BCUT2D eigenvalue weighted by Crippen LogP contribution is 2.31. The van der Waals surface area contributed by atoms with Gasteiger partial charge in [0, 0.05) is 11.1 Å². The second-order valence-corrected chi connectivity index (χ2v) is 4.34. The molecule has 0 aromatic carbocycles. The van der Waals surface area contributed by atoms with Gasteiger partial charge in [0.25, 0.3) is 0 Å². The molecular weight excluding hydrogens is 204 g/mol. The van der Waals surface area contributed by atoms with E-state index < -0.39 is 0 Å². The van der Waals surface area contributed by atoms with Gasteiger partial charge in [-0.25, -0.2) is 0 Å². The summed E-state index contributed by atoms with van der Waals surface area (Å²) < 4.78 is 0.887. The molecular formula is C7H6N4S2. The van der Waals surface area contributed by atoms with Gasteiger partial charge in [-0.1, -0.05) is 23.1 Å². The lowest BCUT2D eigenvalue weighted by molar-refractivity contribution is 1.01. The number of hydrogen-bond donors (Lipinski definition) is 1. The van der Waals surface area contributed by atoms with Crippen LogP contribution in [0, 0.1) is 0 Å². The first-order valence-corrected chi connectivity index (χ1v) is 5.19. The average Bonchev–Trinajstić information content (AvgIpc) is 2.61. The molecule has 0 unspecified atom stereocenters. The van der Waals surface area contributed by atoms with Gasteiger partial charge in [0.05, 0.1) is 11.9 Å². The molecule has 66 valence electrons. The number of rotatable bonds is 2. The third-order valence-corrected chi connectivity index (χ3v) is 3.22. The maximum Gasteiger partial charge on any atom is 0.178 e. The predicted molar refractivity (Wildman–Crippen MR) is 52.7 cm³/mol. The first-order valence-electron chi connectivity index (χ1n) is 3.50. The van der Waals surface area contributed by atoms with E-state index in [4.69, 9.17) is 5.73 Å². The molecule has 0 fully saturated rings. The summed E-state index contributed by atoms with van der Waals surface area (Å²) in [7, 11) is 0. The number of hydrogen-bond acceptors (Lipinski definition) is 6. The lowest BCUT2D eigenvalue weighted by atomic mass is 10.4. The summed E-state index contributed by atoms with van der Waals surface area (Å²) >= 11 is 2.99. The number of nitrogens with two attached hydrogens (primary N) is 1. The molecule has 0 spiro atoms. The van der Waals surface area contributed by atoms with Crippen LogP contribution in [0.3, 0.4) is 0 Å². The quantitative estimate of drug-likeness (QED) is 0.816. The third kappa shape index (κ3) is 1.96. The Kier molecular flexibility index (Phi) is 2.42. The van der Waals surface area contributed by atoms with Gasteiger partial charge in [-0.3, -0.25) is 4.98 Å². The van der Waals surface area contributed by atoms with E-state index in [-0.39, 0.29) is 0 Å². The fraction of sp³-hybridized carbons (Fsp3) is 0. The van der Waals surface area contributed by atoms with Gasteiger partial charge < -0.3 is 5.73 Å². The highest BCUT2D eigenvalue weighted by atomic mass is 32.2. The molecule has 0 saturated carbocycles. The highest BCUT2D eigenvalue weighted by molar-refractivity contribution is 8.01. The van der Waals surface area contributed by atoms with Crippen molar-refractivity contribution in [2.24, 2.45) is 0 Å². The van der Waals surface area contributed by atoms with E-state index in [9.17, 15) is 0 Å². The van der Waals surface area contributed by atoms with Gasteiger partial charge >= 0.3 is 0 Å². The summed E-state index contributed by atoms with van der Waals surface area (Å²) in [6.07, 6.45) is 3.34. The van der Waals surface area contributed by atoms with E-state index in [0.717, 1.165) is 9.24 Å². The van der Waals surface area contributed by atoms with Crippen molar-refractivity contribution in [1.29, 1.82) is 0 Å². The maximum absolute atomic E-state index is 5.71. The molecule has 13 heavy (non-hydrogen) atoms. The number of anilines is 1. The molecule has 2 heterocycles. The molecule has 6 heteroatoms. The van der Waals surface area contributed by atoms with Crippen molar-refractivity contribution < 1.29 is 0 Å². The van der Waals surface area contributed by atoms with Crippen LogP contribution >= 0.6 is 23.1 Å². The van der Waals surface area contributed by atoms with Gasteiger partial charge in [-0.05, 0) is 6.07 Å². The molecule has 0 amide bonds. The van der Waals surface area contributed by atoms with E-state index in [0.29, 0.717) is 5.69 Å². The lowest BCUT2D eigenvalue weighted by Gasteiger charge is -1.99. The molecule has 0 aliphatic heterocycles. The second kappa shape index (κ2) is 3.71. The topological polar surface area (TPSA) is 64.7 Å². The summed E-state index contributed by atoms with van der Waals surface area (Å²) in [6, 6.07) is 1.86. The average molecular weight is 210 g/mol. The Morgan fingerprint density at radius 3 is 3.08 bits per heavy atom. The summed E-state index contributed by atoms with van der Waals surface area (Å²) in [5.41, 5.74) is 8.07. The monoisotopic (exact) mass is 210 g/mol. The van der Waals surface area contributed by atoms with Crippen LogP contribution in [0.15, 0.2) is 33.2 Å². The van der Waals surface area contributed by atoms with Crippen molar-refractivity contribution in [3.8, 4) is 0 Å². The van der Waals surface area contributed by atoms with Crippen molar-refractivity contribution in [3.05, 3.63) is 24.0 Å². The largest absolute Gasteiger partial charge is 0.397 e. The molecule has 0 radical (unpaired) electrons. The van der Waals surface area contributed by atoms with Gasteiger partial charge in [0.1, 0.15) is 5.51 Å². The Labute approximate surface area is 83.2 Å². The summed E-state index contributed by atoms with van der Waals surface area (Å²) in [4.78, 5) is 4.87. The van der Waals surface area contributed by atoms with Crippen LogP contribution < -0.4 is 5.73 Å². The second-order valence-electron chi connectivity index (χ2n) is 2.22. The standard InChI is InChI=1S/C7H6N4S2/c8-5-3-9-2-1-6(5)13-7-11-10-4-12-7/h1-4H,8H2. The lowest BCUT2D eigenvalue weighted by Crippen LogP contribution is -1.88. The zero-order chi connectivity index (χ0) is 9.10. The summed E-state index contributed by atoms with van der Waals surface area (Å²) in [5, 5.41) is 7.65. The third-order valence-electron chi connectivity index (χ3n) is 1.35. The van der Waals surface area contributed by atoms with E-state index in [1.54, 1.807) is 17.9 Å². The van der Waals surface area contributed by atoms with Crippen LogP contribution in [0.2, 0.25) is 0 Å². The Morgan fingerprint density at radius 2 is 2.38 bits per heavy atom. The molecule has 0 bridgehead atoms. The van der Waals surface area contributed by atoms with Crippen LogP contribution in [0.25, 0.3) is 0 Å². The van der Waals surface area contributed by atoms with E-state index in [2.05, 4.69) is 15.2 Å². The highest BCUT2D eigenvalue weighted by Gasteiger charge is 2.03. The fourth-order valence-corrected chi connectivity index (χ4v) is 2.23. The Balaban J connectivity index is 2.24. The molecule has 2 N–H and O–H groups in total. The Hall–Kier alpha value is -1.14. The molecule has 0 aliphatic carbocycles. The van der Waals surface area contributed by atoms with Crippen molar-refractivity contribution in [1.82, 2.24) is 15.2 Å². The molecule has 2 aromatic heterocycles. The molecule has 0 aliphatic rings. The Bertz CT molecular complexity index is 387. The van der Waals surface area contributed by atoms with Crippen molar-refractivity contribution in [3.63, 3.8) is 0 Å². The zero-order valence-corrected chi connectivity index (χ0v) is 8.18. The van der Waals surface area contributed by atoms with Crippen molar-refractivity contribution >= 4 is 28.8 Å². The van der Waals surface area contributed by atoms with E-state index in [1.807, 2.05) is 6.07 Å². The first-order chi connectivity index (χ1) is 6.36. The van der Waals surface area contributed by atoms with Gasteiger partial charge in [-0.15, -0.1) is 10.2 Å². The minimum absolute atomic E-state index is 0.669.